The summed E-state index contributed by atoms with van der Waals surface area (Å²) in [6.45, 7) is 4.18. The first kappa shape index (κ1) is 12.5. The zero-order valence-corrected chi connectivity index (χ0v) is 9.81. The van der Waals surface area contributed by atoms with Crippen molar-refractivity contribution in [2.24, 2.45) is 5.92 Å². The predicted octanol–water partition coefficient (Wildman–Crippen LogP) is 3.59. The minimum atomic E-state index is -0.870. The minimum Gasteiger partial charge on any atom is -0.478 e. The van der Waals surface area contributed by atoms with Gasteiger partial charge in [0, 0.05) is 6.08 Å². The highest BCUT2D eigenvalue weighted by molar-refractivity contribution is 5.90. The first-order valence-corrected chi connectivity index (χ1v) is 5.69. The maximum atomic E-state index is 10.8. The van der Waals surface area contributed by atoms with Crippen LogP contribution in [-0.4, -0.2) is 11.1 Å². The van der Waals surface area contributed by atoms with E-state index in [1.54, 1.807) is 0 Å². The topological polar surface area (TPSA) is 37.3 Å². The molecule has 1 aromatic rings. The van der Waals surface area contributed by atoms with Gasteiger partial charge < -0.3 is 5.11 Å². The van der Waals surface area contributed by atoms with Gasteiger partial charge in [-0.25, -0.2) is 4.79 Å². The molecule has 1 rings (SSSR count). The fourth-order valence-electron chi connectivity index (χ4n) is 1.93. The number of allylic oxidation sites excluding steroid dienone is 1. The maximum absolute atomic E-state index is 10.8. The Balaban J connectivity index is 3.11. The molecule has 1 N–H and O–H groups in total. The Kier molecular flexibility index (Phi) is 4.77. The fraction of sp³-hybridized carbons (Fsp3) is 0.357. The molecular formula is C14H18O2. The third kappa shape index (κ3) is 3.23. The summed E-state index contributed by atoms with van der Waals surface area (Å²) in [5.74, 6) is -0.552. The summed E-state index contributed by atoms with van der Waals surface area (Å²) in [5.41, 5.74) is 1.94. The number of benzene rings is 1. The van der Waals surface area contributed by atoms with Crippen LogP contribution in [0, 0.1) is 5.92 Å². The molecule has 0 heterocycles. The Hall–Kier alpha value is -1.57. The molecule has 0 aliphatic heterocycles. The average molecular weight is 218 g/mol. The molecule has 0 unspecified atom stereocenters. The number of carboxylic acids is 1. The number of carboxylic acid groups (broad SMARTS) is 1. The highest BCUT2D eigenvalue weighted by Crippen LogP contribution is 2.28. The molecule has 0 amide bonds. The van der Waals surface area contributed by atoms with Crippen molar-refractivity contribution in [3.63, 3.8) is 0 Å². The molecule has 2 heteroatoms. The van der Waals surface area contributed by atoms with Gasteiger partial charge in [-0.1, -0.05) is 44.2 Å². The summed E-state index contributed by atoms with van der Waals surface area (Å²) < 4.78 is 0. The van der Waals surface area contributed by atoms with Crippen molar-refractivity contribution in [1.82, 2.24) is 0 Å². The van der Waals surface area contributed by atoms with E-state index in [2.05, 4.69) is 13.8 Å². The van der Waals surface area contributed by atoms with Gasteiger partial charge in [0.05, 0.1) is 0 Å². The van der Waals surface area contributed by atoms with Crippen molar-refractivity contribution in [1.29, 1.82) is 0 Å². The lowest BCUT2D eigenvalue weighted by molar-refractivity contribution is -0.131. The van der Waals surface area contributed by atoms with Crippen molar-refractivity contribution in [2.45, 2.75) is 26.7 Å². The van der Waals surface area contributed by atoms with Crippen LogP contribution in [0.5, 0.6) is 0 Å². The normalized spacial score (nSPS) is 11.8. The number of hydrogen-bond acceptors (Lipinski definition) is 1. The van der Waals surface area contributed by atoms with Crippen molar-refractivity contribution in [3.8, 4) is 0 Å². The van der Waals surface area contributed by atoms with Crippen LogP contribution in [0.1, 0.15) is 32.3 Å². The maximum Gasteiger partial charge on any atom is 0.328 e. The molecule has 0 atom stereocenters. The average Bonchev–Trinajstić information content (AvgIpc) is 2.30. The van der Waals surface area contributed by atoms with Gasteiger partial charge in [-0.2, -0.15) is 0 Å². The zero-order chi connectivity index (χ0) is 12.0. The first-order chi connectivity index (χ1) is 7.69. The Morgan fingerprint density at radius 2 is 1.81 bits per heavy atom. The molecule has 0 spiro atoms. The molecule has 0 bridgehead atoms. The summed E-state index contributed by atoms with van der Waals surface area (Å²) in [5, 5.41) is 8.91. The van der Waals surface area contributed by atoms with Gasteiger partial charge in [0.2, 0.25) is 0 Å². The molecule has 0 aromatic heterocycles. The number of hydrogen-bond donors (Lipinski definition) is 1. The van der Waals surface area contributed by atoms with Gasteiger partial charge in [0.25, 0.3) is 0 Å². The predicted molar refractivity (Wildman–Crippen MR) is 66.1 cm³/mol. The molecule has 0 fully saturated rings. The van der Waals surface area contributed by atoms with E-state index in [1.807, 2.05) is 30.3 Å². The summed E-state index contributed by atoms with van der Waals surface area (Å²) >= 11 is 0. The Morgan fingerprint density at radius 1 is 1.25 bits per heavy atom. The van der Waals surface area contributed by atoms with Gasteiger partial charge >= 0.3 is 5.97 Å². The molecule has 0 aliphatic carbocycles. The monoisotopic (exact) mass is 218 g/mol. The SMILES string of the molecule is CCC(CC)/C(=C\C(=O)O)c1ccccc1. The van der Waals surface area contributed by atoms with Crippen LogP contribution in [0.2, 0.25) is 0 Å². The summed E-state index contributed by atoms with van der Waals surface area (Å²) in [6, 6.07) is 9.75. The molecule has 0 aliphatic rings. The zero-order valence-electron chi connectivity index (χ0n) is 9.81. The quantitative estimate of drug-likeness (QED) is 0.767. The van der Waals surface area contributed by atoms with Crippen molar-refractivity contribution < 1.29 is 9.90 Å². The summed E-state index contributed by atoms with van der Waals surface area (Å²) in [7, 11) is 0. The van der Waals surface area contributed by atoms with Crippen LogP contribution >= 0.6 is 0 Å². The lowest BCUT2D eigenvalue weighted by atomic mass is 9.88. The van der Waals surface area contributed by atoms with Gasteiger partial charge in [-0.3, -0.25) is 0 Å². The highest BCUT2D eigenvalue weighted by atomic mass is 16.4. The van der Waals surface area contributed by atoms with E-state index in [9.17, 15) is 4.79 Å². The number of rotatable bonds is 5. The third-order valence-corrected chi connectivity index (χ3v) is 2.81. The summed E-state index contributed by atoms with van der Waals surface area (Å²) in [6.07, 6.45) is 3.27. The third-order valence-electron chi connectivity index (χ3n) is 2.81. The van der Waals surface area contributed by atoms with Crippen LogP contribution in [-0.2, 0) is 4.79 Å². The lowest BCUT2D eigenvalue weighted by Crippen LogP contribution is -2.03. The fourth-order valence-corrected chi connectivity index (χ4v) is 1.93. The molecule has 1 aromatic carbocycles. The van der Waals surface area contributed by atoms with Gasteiger partial charge in [-0.05, 0) is 29.9 Å². The highest BCUT2D eigenvalue weighted by Gasteiger charge is 2.13. The van der Waals surface area contributed by atoms with Crippen LogP contribution in [0.4, 0.5) is 0 Å². The van der Waals surface area contributed by atoms with E-state index in [4.69, 9.17) is 5.11 Å². The van der Waals surface area contributed by atoms with Crippen LogP contribution in [0.15, 0.2) is 36.4 Å². The smallest absolute Gasteiger partial charge is 0.328 e. The van der Waals surface area contributed by atoms with Gasteiger partial charge in [0.15, 0.2) is 0 Å². The second kappa shape index (κ2) is 6.11. The van der Waals surface area contributed by atoms with Gasteiger partial charge in [-0.15, -0.1) is 0 Å². The standard InChI is InChI=1S/C14H18O2/c1-3-11(4-2)13(10-14(15)16)12-8-6-5-7-9-12/h5-11H,3-4H2,1-2H3,(H,15,16)/b13-10+. The van der Waals surface area contributed by atoms with E-state index in [1.165, 1.54) is 6.08 Å². The van der Waals surface area contributed by atoms with E-state index in [0.29, 0.717) is 5.92 Å². The lowest BCUT2D eigenvalue weighted by Gasteiger charge is -2.16. The molecular weight excluding hydrogens is 200 g/mol. The molecule has 0 saturated heterocycles. The summed E-state index contributed by atoms with van der Waals surface area (Å²) in [4.78, 5) is 10.8. The molecule has 16 heavy (non-hydrogen) atoms. The molecule has 0 radical (unpaired) electrons. The first-order valence-electron chi connectivity index (χ1n) is 5.69. The van der Waals surface area contributed by atoms with Crippen LogP contribution in [0.3, 0.4) is 0 Å². The Morgan fingerprint density at radius 3 is 2.25 bits per heavy atom. The number of carbonyl (C=O) groups is 1. The second-order valence-corrected chi connectivity index (χ2v) is 3.82. The second-order valence-electron chi connectivity index (χ2n) is 3.82. The molecule has 2 nitrogen and oxygen atoms in total. The Bertz CT molecular complexity index is 362. The van der Waals surface area contributed by atoms with Crippen molar-refractivity contribution in [2.75, 3.05) is 0 Å². The Labute approximate surface area is 96.6 Å². The number of aliphatic carboxylic acids is 1. The van der Waals surface area contributed by atoms with Crippen molar-refractivity contribution >= 4 is 11.5 Å². The largest absolute Gasteiger partial charge is 0.478 e. The molecule has 86 valence electrons. The van der Waals surface area contributed by atoms with E-state index < -0.39 is 5.97 Å². The van der Waals surface area contributed by atoms with E-state index in [0.717, 1.165) is 24.0 Å². The van der Waals surface area contributed by atoms with Gasteiger partial charge in [0.1, 0.15) is 0 Å². The van der Waals surface area contributed by atoms with Crippen molar-refractivity contribution in [3.05, 3.63) is 42.0 Å². The van der Waals surface area contributed by atoms with E-state index in [-0.39, 0.29) is 0 Å². The minimum absolute atomic E-state index is 0.318. The van der Waals surface area contributed by atoms with Crippen LogP contribution < -0.4 is 0 Å². The van der Waals surface area contributed by atoms with E-state index >= 15 is 0 Å². The molecule has 0 saturated carbocycles. The van der Waals surface area contributed by atoms with Crippen LogP contribution in [0.25, 0.3) is 5.57 Å².